The van der Waals surface area contributed by atoms with Crippen LogP contribution in [0.1, 0.15) is 11.3 Å². The summed E-state index contributed by atoms with van der Waals surface area (Å²) in [7, 11) is 0. The largest absolute Gasteiger partial charge is 0.433 e. The second-order valence-electron chi connectivity index (χ2n) is 7.39. The molecule has 0 saturated heterocycles. The first kappa shape index (κ1) is 21.8. The maximum Gasteiger partial charge on any atom is 0.433 e. The molecule has 0 atom stereocenters. The van der Waals surface area contributed by atoms with Gasteiger partial charge in [0.2, 0.25) is 0 Å². The van der Waals surface area contributed by atoms with E-state index in [0.29, 0.717) is 27.4 Å². The Morgan fingerprint density at radius 2 is 1.62 bits per heavy atom. The molecule has 0 saturated carbocycles. The van der Waals surface area contributed by atoms with Crippen molar-refractivity contribution in [2.45, 2.75) is 12.7 Å². The van der Waals surface area contributed by atoms with Gasteiger partial charge in [-0.3, -0.25) is 9.97 Å². The summed E-state index contributed by atoms with van der Waals surface area (Å²) in [5.41, 5.74) is 1.61. The molecule has 4 heterocycles. The first-order valence-corrected chi connectivity index (χ1v) is 10.4. The molecule has 0 spiro atoms. The van der Waals surface area contributed by atoms with Gasteiger partial charge in [-0.15, -0.1) is 5.10 Å². The summed E-state index contributed by atoms with van der Waals surface area (Å²) in [5, 5.41) is 4.82. The Kier molecular flexibility index (Phi) is 5.37. The van der Waals surface area contributed by atoms with Crippen molar-refractivity contribution >= 4 is 17.4 Å². The zero-order valence-electron chi connectivity index (χ0n) is 17.2. The van der Waals surface area contributed by atoms with Gasteiger partial charge in [-0.1, -0.05) is 29.8 Å². The number of fused-ring (bicyclic) bond motifs is 1. The molecule has 0 aliphatic rings. The van der Waals surface area contributed by atoms with Gasteiger partial charge in [0.15, 0.2) is 0 Å². The monoisotopic (exact) mass is 482 g/mol. The van der Waals surface area contributed by atoms with Gasteiger partial charge in [0, 0.05) is 35.4 Å². The van der Waals surface area contributed by atoms with Gasteiger partial charge in [0.1, 0.15) is 5.69 Å². The molecule has 0 unspecified atom stereocenters. The molecule has 7 nitrogen and oxygen atoms in total. The zero-order valence-corrected chi connectivity index (χ0v) is 18.0. The second-order valence-corrected chi connectivity index (χ2v) is 7.82. The summed E-state index contributed by atoms with van der Waals surface area (Å²) in [6.07, 6.45) is 1.42. The molecule has 0 amide bonds. The Morgan fingerprint density at radius 3 is 2.26 bits per heavy atom. The van der Waals surface area contributed by atoms with E-state index in [0.717, 1.165) is 22.5 Å². The number of hydrogen-bond donors (Lipinski definition) is 0. The van der Waals surface area contributed by atoms with Crippen LogP contribution in [0.15, 0.2) is 78.1 Å². The molecule has 0 bridgehead atoms. The van der Waals surface area contributed by atoms with Crippen molar-refractivity contribution in [2.75, 3.05) is 0 Å². The number of rotatable bonds is 4. The molecule has 0 radical (unpaired) electrons. The summed E-state index contributed by atoms with van der Waals surface area (Å²) >= 11 is 6.06. The topological polar surface area (TPSA) is 78.0 Å². The number of benzene rings is 1. The van der Waals surface area contributed by atoms with Crippen LogP contribution in [-0.4, -0.2) is 29.1 Å². The van der Waals surface area contributed by atoms with Crippen LogP contribution in [0.5, 0.6) is 0 Å². The van der Waals surface area contributed by atoms with Crippen molar-refractivity contribution in [3.05, 3.63) is 100 Å². The van der Waals surface area contributed by atoms with Crippen LogP contribution in [0.2, 0.25) is 5.02 Å². The van der Waals surface area contributed by atoms with Gasteiger partial charge in [-0.2, -0.15) is 13.2 Å². The minimum absolute atomic E-state index is 0.0714. The SMILES string of the molecule is O=c1n(Cc2ccc(C(F)(F)F)nc2)nc2ncc(-c3ccncc3)c(-c3ccc(Cl)cc3)n12. The predicted molar refractivity (Wildman–Crippen MR) is 119 cm³/mol. The van der Waals surface area contributed by atoms with Crippen molar-refractivity contribution < 1.29 is 13.2 Å². The summed E-state index contributed by atoms with van der Waals surface area (Å²) in [5.74, 6) is 0.146. The number of halogens is 4. The van der Waals surface area contributed by atoms with Crippen LogP contribution in [0, 0.1) is 0 Å². The van der Waals surface area contributed by atoms with Gasteiger partial charge in [-0.25, -0.2) is 18.9 Å². The number of nitrogens with zero attached hydrogens (tertiary/aromatic N) is 6. The summed E-state index contributed by atoms with van der Waals surface area (Å²) < 4.78 is 40.9. The summed E-state index contributed by atoms with van der Waals surface area (Å²) in [4.78, 5) is 25.2. The van der Waals surface area contributed by atoms with Gasteiger partial charge in [-0.05, 0) is 47.0 Å². The van der Waals surface area contributed by atoms with E-state index in [4.69, 9.17) is 11.6 Å². The predicted octanol–water partition coefficient (Wildman–Crippen LogP) is 4.74. The van der Waals surface area contributed by atoms with E-state index in [2.05, 4.69) is 20.1 Å². The molecule has 4 aromatic heterocycles. The second kappa shape index (κ2) is 8.38. The van der Waals surface area contributed by atoms with Gasteiger partial charge < -0.3 is 0 Å². The van der Waals surface area contributed by atoms with Crippen LogP contribution in [0.3, 0.4) is 0 Å². The first-order chi connectivity index (χ1) is 16.3. The van der Waals surface area contributed by atoms with Crippen molar-refractivity contribution in [2.24, 2.45) is 0 Å². The molecule has 5 aromatic rings. The molecular weight excluding hydrogens is 469 g/mol. The summed E-state index contributed by atoms with van der Waals surface area (Å²) in [6, 6.07) is 12.7. The number of aromatic nitrogens is 6. The van der Waals surface area contributed by atoms with E-state index in [1.807, 2.05) is 0 Å². The highest BCUT2D eigenvalue weighted by Gasteiger charge is 2.32. The standard InChI is InChI=1S/C23H14ClF3N6O/c24-17-4-2-16(3-5-17)20-18(15-7-9-28-10-8-15)12-30-21-31-32(22(34)33(20)21)13-14-1-6-19(29-11-14)23(25,26)27/h1-12H,13H2. The lowest BCUT2D eigenvalue weighted by molar-refractivity contribution is -0.141. The Labute approximate surface area is 195 Å². The number of alkyl halides is 3. The van der Waals surface area contributed by atoms with E-state index >= 15 is 0 Å². The third-order valence-corrected chi connectivity index (χ3v) is 5.42. The average molecular weight is 483 g/mol. The van der Waals surface area contributed by atoms with E-state index < -0.39 is 17.6 Å². The smallest absolute Gasteiger partial charge is 0.265 e. The van der Waals surface area contributed by atoms with Crippen molar-refractivity contribution in [1.29, 1.82) is 0 Å². The van der Waals surface area contributed by atoms with E-state index in [9.17, 15) is 18.0 Å². The zero-order chi connectivity index (χ0) is 23.9. The highest BCUT2D eigenvalue weighted by Crippen LogP contribution is 2.32. The molecule has 0 fully saturated rings. The molecular formula is C23H14ClF3N6O. The van der Waals surface area contributed by atoms with Crippen molar-refractivity contribution in [3.63, 3.8) is 0 Å². The van der Waals surface area contributed by atoms with Crippen molar-refractivity contribution in [3.8, 4) is 22.4 Å². The highest BCUT2D eigenvalue weighted by molar-refractivity contribution is 6.30. The fourth-order valence-corrected chi connectivity index (χ4v) is 3.70. The van der Waals surface area contributed by atoms with Crippen LogP contribution in [0.4, 0.5) is 13.2 Å². The molecule has 0 N–H and O–H groups in total. The third kappa shape index (κ3) is 4.03. The third-order valence-electron chi connectivity index (χ3n) is 5.17. The fraction of sp³-hybridized carbons (Fsp3) is 0.0870. The van der Waals surface area contributed by atoms with Crippen LogP contribution in [0.25, 0.3) is 28.2 Å². The lowest BCUT2D eigenvalue weighted by Gasteiger charge is -2.11. The maximum atomic E-state index is 13.4. The molecule has 11 heteroatoms. The minimum Gasteiger partial charge on any atom is -0.265 e. The fourth-order valence-electron chi connectivity index (χ4n) is 3.58. The Balaban J connectivity index is 1.66. The Bertz CT molecular complexity index is 1530. The van der Waals surface area contributed by atoms with Crippen molar-refractivity contribution in [1.82, 2.24) is 29.1 Å². The van der Waals surface area contributed by atoms with E-state index in [-0.39, 0.29) is 12.3 Å². The lowest BCUT2D eigenvalue weighted by Crippen LogP contribution is -2.23. The molecule has 0 aliphatic carbocycles. The van der Waals surface area contributed by atoms with E-state index in [1.54, 1.807) is 55.0 Å². The molecule has 5 rings (SSSR count). The van der Waals surface area contributed by atoms with Crippen LogP contribution in [-0.2, 0) is 12.7 Å². The maximum absolute atomic E-state index is 13.4. The minimum atomic E-state index is -4.54. The van der Waals surface area contributed by atoms with Crippen LogP contribution >= 0.6 is 11.6 Å². The van der Waals surface area contributed by atoms with Gasteiger partial charge in [0.25, 0.3) is 5.78 Å². The normalized spacial score (nSPS) is 11.8. The molecule has 34 heavy (non-hydrogen) atoms. The molecule has 1 aromatic carbocycles. The number of pyridine rings is 2. The average Bonchev–Trinajstić information content (AvgIpc) is 3.14. The number of hydrogen-bond acceptors (Lipinski definition) is 5. The molecule has 170 valence electrons. The quantitative estimate of drug-likeness (QED) is 0.370. The van der Waals surface area contributed by atoms with E-state index in [1.165, 1.54) is 10.5 Å². The Morgan fingerprint density at radius 1 is 0.882 bits per heavy atom. The summed E-state index contributed by atoms with van der Waals surface area (Å²) in [6.45, 7) is -0.0714. The highest BCUT2D eigenvalue weighted by atomic mass is 35.5. The lowest BCUT2D eigenvalue weighted by atomic mass is 10.0. The first-order valence-electron chi connectivity index (χ1n) is 9.98. The van der Waals surface area contributed by atoms with Crippen LogP contribution < -0.4 is 5.69 Å². The molecule has 0 aliphatic heterocycles. The van der Waals surface area contributed by atoms with Gasteiger partial charge in [0.05, 0.1) is 12.2 Å². The van der Waals surface area contributed by atoms with Gasteiger partial charge >= 0.3 is 11.9 Å². The Hall–Kier alpha value is -4.05.